The van der Waals surface area contributed by atoms with Gasteiger partial charge in [0.05, 0.1) is 12.7 Å². The minimum Gasteiger partial charge on any atom is -0.487 e. The van der Waals surface area contributed by atoms with Crippen molar-refractivity contribution in [2.45, 2.75) is 18.9 Å². The van der Waals surface area contributed by atoms with Crippen molar-refractivity contribution in [2.24, 2.45) is 0 Å². The van der Waals surface area contributed by atoms with Crippen molar-refractivity contribution in [2.75, 3.05) is 37.0 Å². The van der Waals surface area contributed by atoms with E-state index in [0.717, 1.165) is 43.4 Å². The van der Waals surface area contributed by atoms with Crippen molar-refractivity contribution in [3.05, 3.63) is 36.8 Å². The highest BCUT2D eigenvalue weighted by Crippen LogP contribution is 2.21. The van der Waals surface area contributed by atoms with Gasteiger partial charge in [0.15, 0.2) is 0 Å². The summed E-state index contributed by atoms with van der Waals surface area (Å²) >= 11 is 0. The van der Waals surface area contributed by atoms with Crippen LogP contribution in [0.25, 0.3) is 0 Å². The predicted octanol–water partition coefficient (Wildman–Crippen LogP) is 1.99. The highest BCUT2D eigenvalue weighted by molar-refractivity contribution is 5.42. The molecule has 0 saturated carbocycles. The number of rotatable bonds is 4. The Balaban J connectivity index is 1.69. The number of hydrogen-bond donors (Lipinski definition) is 0. The molecule has 0 amide bonds. The first-order chi connectivity index (χ1) is 10.7. The van der Waals surface area contributed by atoms with Crippen LogP contribution in [-0.4, -0.2) is 48.2 Å². The van der Waals surface area contributed by atoms with Crippen molar-refractivity contribution in [3.8, 4) is 5.75 Å². The normalized spacial score (nSPS) is 18.1. The van der Waals surface area contributed by atoms with E-state index < -0.39 is 0 Å². The summed E-state index contributed by atoms with van der Waals surface area (Å²) in [6.07, 6.45) is 7.56. The fourth-order valence-corrected chi connectivity index (χ4v) is 2.57. The van der Waals surface area contributed by atoms with Crippen LogP contribution in [0.3, 0.4) is 0 Å². The Morgan fingerprint density at radius 2 is 2.18 bits per heavy atom. The Kier molecular flexibility index (Phi) is 4.37. The van der Waals surface area contributed by atoms with E-state index in [0.29, 0.717) is 0 Å². The summed E-state index contributed by atoms with van der Waals surface area (Å²) in [6.45, 7) is 1.76. The third-order valence-electron chi connectivity index (χ3n) is 3.68. The number of pyridine rings is 1. The first kappa shape index (κ1) is 14.6. The molecule has 0 aromatic carbocycles. The van der Waals surface area contributed by atoms with Crippen molar-refractivity contribution >= 4 is 11.8 Å². The van der Waals surface area contributed by atoms with Crippen molar-refractivity contribution < 1.29 is 4.74 Å². The zero-order valence-corrected chi connectivity index (χ0v) is 13.0. The van der Waals surface area contributed by atoms with E-state index in [1.54, 1.807) is 12.4 Å². The van der Waals surface area contributed by atoms with Crippen molar-refractivity contribution in [3.63, 3.8) is 0 Å². The Labute approximate surface area is 130 Å². The Morgan fingerprint density at radius 3 is 2.95 bits per heavy atom. The number of aromatic nitrogens is 3. The van der Waals surface area contributed by atoms with E-state index >= 15 is 0 Å². The summed E-state index contributed by atoms with van der Waals surface area (Å²) in [7, 11) is 3.97. The van der Waals surface area contributed by atoms with E-state index in [1.807, 2.05) is 43.4 Å². The van der Waals surface area contributed by atoms with E-state index in [1.165, 1.54) is 0 Å². The highest BCUT2D eigenvalue weighted by Gasteiger charge is 2.23. The fourth-order valence-electron chi connectivity index (χ4n) is 2.57. The second-order valence-electron chi connectivity index (χ2n) is 5.63. The van der Waals surface area contributed by atoms with E-state index in [-0.39, 0.29) is 6.10 Å². The topological polar surface area (TPSA) is 54.4 Å². The molecule has 1 unspecified atom stereocenters. The quantitative estimate of drug-likeness (QED) is 0.860. The molecule has 1 fully saturated rings. The van der Waals surface area contributed by atoms with Crippen molar-refractivity contribution in [1.82, 2.24) is 15.0 Å². The maximum Gasteiger partial charge on any atom is 0.227 e. The number of nitrogens with zero attached hydrogens (tertiary/aromatic N) is 5. The van der Waals surface area contributed by atoms with E-state index in [9.17, 15) is 0 Å². The summed E-state index contributed by atoms with van der Waals surface area (Å²) in [6, 6.07) is 5.74. The van der Waals surface area contributed by atoms with Gasteiger partial charge in [0.25, 0.3) is 0 Å². The van der Waals surface area contributed by atoms with Gasteiger partial charge in [0, 0.05) is 33.0 Å². The molecule has 22 heavy (non-hydrogen) atoms. The number of anilines is 2. The van der Waals surface area contributed by atoms with Gasteiger partial charge in [-0.2, -0.15) is 4.98 Å². The molecule has 116 valence electrons. The Bertz CT molecular complexity index is 604. The molecular formula is C16H21N5O. The van der Waals surface area contributed by atoms with Crippen molar-refractivity contribution in [1.29, 1.82) is 0 Å². The molecule has 1 aliphatic heterocycles. The molecule has 1 saturated heterocycles. The minimum atomic E-state index is 0.143. The summed E-state index contributed by atoms with van der Waals surface area (Å²) in [5.41, 5.74) is 0. The lowest BCUT2D eigenvalue weighted by Gasteiger charge is -2.33. The van der Waals surface area contributed by atoms with Gasteiger partial charge in [-0.05, 0) is 31.0 Å². The molecule has 1 aliphatic rings. The zero-order chi connectivity index (χ0) is 15.4. The fraction of sp³-hybridized carbons (Fsp3) is 0.438. The van der Waals surface area contributed by atoms with Crippen LogP contribution in [0.4, 0.5) is 11.8 Å². The van der Waals surface area contributed by atoms with Crippen LogP contribution in [-0.2, 0) is 0 Å². The van der Waals surface area contributed by atoms with Gasteiger partial charge in [0.1, 0.15) is 17.7 Å². The first-order valence-electron chi connectivity index (χ1n) is 7.54. The molecule has 0 aliphatic carbocycles. The first-order valence-corrected chi connectivity index (χ1v) is 7.54. The molecule has 6 heteroatoms. The number of ether oxygens (including phenoxy) is 1. The predicted molar refractivity (Wildman–Crippen MR) is 86.5 cm³/mol. The second-order valence-corrected chi connectivity index (χ2v) is 5.63. The summed E-state index contributed by atoms with van der Waals surface area (Å²) in [5, 5.41) is 0. The molecule has 0 radical (unpaired) electrons. The monoisotopic (exact) mass is 299 g/mol. The van der Waals surface area contributed by atoms with Crippen LogP contribution >= 0.6 is 0 Å². The lowest BCUT2D eigenvalue weighted by Crippen LogP contribution is -2.42. The number of piperidine rings is 1. The second kappa shape index (κ2) is 6.60. The van der Waals surface area contributed by atoms with Gasteiger partial charge in [-0.15, -0.1) is 0 Å². The molecule has 0 N–H and O–H groups in total. The maximum absolute atomic E-state index is 6.01. The molecule has 6 nitrogen and oxygen atoms in total. The highest BCUT2D eigenvalue weighted by atomic mass is 16.5. The SMILES string of the molecule is CN(C)c1ccnc(N2CCCC(Oc3cccnc3)C2)n1. The largest absolute Gasteiger partial charge is 0.487 e. The molecule has 3 rings (SSSR count). The third-order valence-corrected chi connectivity index (χ3v) is 3.68. The summed E-state index contributed by atoms with van der Waals surface area (Å²) in [5.74, 6) is 2.50. The lowest BCUT2D eigenvalue weighted by molar-refractivity contribution is 0.178. The zero-order valence-electron chi connectivity index (χ0n) is 13.0. The van der Waals surface area contributed by atoms with E-state index in [2.05, 4.69) is 19.9 Å². The van der Waals surface area contributed by atoms with Gasteiger partial charge in [-0.3, -0.25) is 4.98 Å². The van der Waals surface area contributed by atoms with Gasteiger partial charge in [0.2, 0.25) is 5.95 Å². The molecule has 0 bridgehead atoms. The lowest BCUT2D eigenvalue weighted by atomic mass is 10.1. The smallest absolute Gasteiger partial charge is 0.227 e. The molecule has 2 aromatic rings. The van der Waals surface area contributed by atoms with Gasteiger partial charge in [-0.25, -0.2) is 4.98 Å². The molecule has 1 atom stereocenters. The van der Waals surface area contributed by atoms with Crippen LogP contribution < -0.4 is 14.5 Å². The van der Waals surface area contributed by atoms with Crippen LogP contribution in [0.15, 0.2) is 36.8 Å². The van der Waals surface area contributed by atoms with Crippen LogP contribution in [0.1, 0.15) is 12.8 Å². The summed E-state index contributed by atoms with van der Waals surface area (Å²) in [4.78, 5) is 17.3. The Morgan fingerprint density at radius 1 is 1.27 bits per heavy atom. The van der Waals surface area contributed by atoms with Gasteiger partial charge >= 0.3 is 0 Å². The molecule has 0 spiro atoms. The number of hydrogen-bond acceptors (Lipinski definition) is 6. The average molecular weight is 299 g/mol. The van der Waals surface area contributed by atoms with Gasteiger partial charge < -0.3 is 14.5 Å². The van der Waals surface area contributed by atoms with Gasteiger partial charge in [-0.1, -0.05) is 0 Å². The van der Waals surface area contributed by atoms with Crippen LogP contribution in [0.5, 0.6) is 5.75 Å². The maximum atomic E-state index is 6.01. The standard InChI is InChI=1S/C16H21N5O/c1-20(2)15-7-9-18-16(19-15)21-10-4-6-14(12-21)22-13-5-3-8-17-11-13/h3,5,7-9,11,14H,4,6,10,12H2,1-2H3. The Hall–Kier alpha value is -2.37. The molecule has 2 aromatic heterocycles. The van der Waals surface area contributed by atoms with Crippen LogP contribution in [0.2, 0.25) is 0 Å². The average Bonchev–Trinajstić information content (AvgIpc) is 2.56. The van der Waals surface area contributed by atoms with E-state index in [4.69, 9.17) is 4.74 Å². The summed E-state index contributed by atoms with van der Waals surface area (Å²) < 4.78 is 6.01. The van der Waals surface area contributed by atoms with Crippen LogP contribution in [0, 0.1) is 0 Å². The minimum absolute atomic E-state index is 0.143. The third kappa shape index (κ3) is 3.44. The molecular weight excluding hydrogens is 278 g/mol. The molecule has 3 heterocycles.